The third-order valence-corrected chi connectivity index (χ3v) is 11.9. The van der Waals surface area contributed by atoms with Gasteiger partial charge in [0.05, 0.1) is 11.3 Å². The van der Waals surface area contributed by atoms with Gasteiger partial charge in [-0.3, -0.25) is 19.2 Å². The van der Waals surface area contributed by atoms with E-state index in [0.29, 0.717) is 31.6 Å². The van der Waals surface area contributed by atoms with Gasteiger partial charge in [-0.2, -0.15) is 0 Å². The Morgan fingerprint density at radius 2 is 1.65 bits per heavy atom. The van der Waals surface area contributed by atoms with Gasteiger partial charge in [0.1, 0.15) is 12.1 Å². The van der Waals surface area contributed by atoms with Crippen LogP contribution < -0.4 is 21.7 Å². The molecule has 13 nitrogen and oxygen atoms in total. The predicted octanol–water partition coefficient (Wildman–Crippen LogP) is 1.67. The number of rotatable bonds is 16. The molecule has 1 unspecified atom stereocenters. The molecule has 46 heavy (non-hydrogen) atoms. The number of nitrogens with zero attached hydrogens (tertiary/aromatic N) is 2. The quantitative estimate of drug-likeness (QED) is 0.142. The Kier molecular flexibility index (Phi) is 12.4. The highest BCUT2D eigenvalue weighted by molar-refractivity contribution is 7.90. The highest BCUT2D eigenvalue weighted by Crippen LogP contribution is 2.33. The van der Waals surface area contributed by atoms with Gasteiger partial charge in [-0.15, -0.1) is 6.58 Å². The van der Waals surface area contributed by atoms with Crippen LogP contribution in [-0.2, 0) is 29.2 Å². The van der Waals surface area contributed by atoms with Gasteiger partial charge in [0.15, 0.2) is 0 Å². The van der Waals surface area contributed by atoms with Crippen molar-refractivity contribution < 1.29 is 32.4 Å². The Balaban J connectivity index is 1.75. The molecule has 5 N–H and O–H groups in total. The molecule has 1 aliphatic heterocycles. The van der Waals surface area contributed by atoms with Gasteiger partial charge in [-0.1, -0.05) is 60.0 Å². The maximum absolute atomic E-state index is 14.1. The summed E-state index contributed by atoms with van der Waals surface area (Å²) in [5.74, 6) is -3.14. The zero-order valence-electron chi connectivity index (χ0n) is 28.2. The van der Waals surface area contributed by atoms with Crippen molar-refractivity contribution in [2.75, 3.05) is 20.1 Å². The van der Waals surface area contributed by atoms with Crippen LogP contribution in [0.3, 0.4) is 0 Å². The summed E-state index contributed by atoms with van der Waals surface area (Å²) in [4.78, 5) is 67.1. The summed E-state index contributed by atoms with van der Waals surface area (Å²) >= 11 is 0. The van der Waals surface area contributed by atoms with Crippen molar-refractivity contribution in [2.24, 2.45) is 28.9 Å². The van der Waals surface area contributed by atoms with Gasteiger partial charge >= 0.3 is 6.03 Å². The predicted molar refractivity (Wildman–Crippen MR) is 175 cm³/mol. The Bertz CT molecular complexity index is 1270. The Labute approximate surface area is 273 Å². The largest absolute Gasteiger partial charge is 0.363 e. The SMILES string of the molecule is C=C[C@H]1CCN(C(=O)[C@@H](NC(=O)N[C@H](CN(C)S(=O)(=O)C2CC2)C(C)C)C(C)(C)C)[C@@H]1C(=O)NC(CCC1CCC1)C(=O)C(N)=O. The average molecular weight is 667 g/mol. The van der Waals surface area contributed by atoms with E-state index in [1.165, 1.54) is 16.3 Å². The van der Waals surface area contributed by atoms with E-state index in [0.717, 1.165) is 19.3 Å². The standard InChI is InChI=1S/C32H54N6O7S/c1-8-21-16-17-38(25(21)29(41)34-23(26(39)28(33)40)15-12-20-10-9-11-20)30(42)27(32(4,5)6)36-31(43)35-24(19(2)3)18-37(7)46(44,45)22-13-14-22/h8,19-25,27H,1,9-18H2,2-7H3,(H2,33,40)(H,34,41)(H2,35,36,43)/t21-,23?,24+,25-,27+/m0/s1. The molecule has 3 rings (SSSR count). The van der Waals surface area contributed by atoms with E-state index in [1.54, 1.807) is 26.8 Å². The van der Waals surface area contributed by atoms with E-state index >= 15 is 0 Å². The summed E-state index contributed by atoms with van der Waals surface area (Å²) in [7, 11) is -1.93. The van der Waals surface area contributed by atoms with Crippen LogP contribution in [0.2, 0.25) is 0 Å². The smallest absolute Gasteiger partial charge is 0.315 e. The summed E-state index contributed by atoms with van der Waals surface area (Å²) in [5.41, 5.74) is 4.53. The average Bonchev–Trinajstić information content (AvgIpc) is 3.72. The number of likely N-dealkylation sites (tertiary alicyclic amines) is 1. The van der Waals surface area contributed by atoms with E-state index in [-0.39, 0.29) is 30.7 Å². The second-order valence-corrected chi connectivity index (χ2v) is 16.9. The lowest BCUT2D eigenvalue weighted by atomic mass is 9.81. The van der Waals surface area contributed by atoms with Crippen LogP contribution in [0, 0.1) is 23.2 Å². The molecular weight excluding hydrogens is 612 g/mol. The molecule has 2 aliphatic carbocycles. The number of primary amides is 1. The third-order valence-electron chi connectivity index (χ3n) is 9.61. The van der Waals surface area contributed by atoms with Crippen molar-refractivity contribution in [1.82, 2.24) is 25.2 Å². The fraction of sp³-hybridized carbons (Fsp3) is 0.781. The summed E-state index contributed by atoms with van der Waals surface area (Å²) in [6.07, 6.45) is 7.46. The fourth-order valence-electron chi connectivity index (χ4n) is 6.11. The molecule has 260 valence electrons. The first-order valence-electron chi connectivity index (χ1n) is 16.5. The van der Waals surface area contributed by atoms with Crippen molar-refractivity contribution in [3.05, 3.63) is 12.7 Å². The Morgan fingerprint density at radius 3 is 2.13 bits per heavy atom. The van der Waals surface area contributed by atoms with Crippen LogP contribution in [0.5, 0.6) is 0 Å². The summed E-state index contributed by atoms with van der Waals surface area (Å²) in [6.45, 7) is 13.3. The normalized spacial score (nSPS) is 22.5. The molecule has 5 atom stereocenters. The van der Waals surface area contributed by atoms with E-state index in [9.17, 15) is 32.4 Å². The monoisotopic (exact) mass is 666 g/mol. The molecule has 3 aliphatic rings. The molecule has 0 aromatic rings. The first kappa shape index (κ1) is 37.5. The molecule has 5 amide bonds. The molecule has 3 fully saturated rings. The molecule has 0 radical (unpaired) electrons. The lowest BCUT2D eigenvalue weighted by molar-refractivity contribution is -0.144. The number of ketones is 1. The van der Waals surface area contributed by atoms with Crippen molar-refractivity contribution in [3.8, 4) is 0 Å². The summed E-state index contributed by atoms with van der Waals surface area (Å²) in [6, 6.07) is -4.30. The van der Waals surface area contributed by atoms with Crippen LogP contribution in [0.4, 0.5) is 4.79 Å². The highest BCUT2D eigenvalue weighted by Gasteiger charge is 2.46. The number of carbonyl (C=O) groups is 5. The molecule has 0 aromatic carbocycles. The van der Waals surface area contributed by atoms with E-state index in [1.807, 2.05) is 13.8 Å². The van der Waals surface area contributed by atoms with Gasteiger partial charge < -0.3 is 26.6 Å². The van der Waals surface area contributed by atoms with Crippen LogP contribution in [-0.4, -0.2) is 96.7 Å². The van der Waals surface area contributed by atoms with Crippen LogP contribution in [0.25, 0.3) is 0 Å². The number of carbonyl (C=O) groups excluding carboxylic acids is 5. The number of urea groups is 1. The second-order valence-electron chi connectivity index (χ2n) is 14.6. The molecule has 1 saturated heterocycles. The van der Waals surface area contributed by atoms with Crippen molar-refractivity contribution in [2.45, 2.75) is 115 Å². The number of nitrogens with two attached hydrogens (primary N) is 1. The minimum atomic E-state index is -3.44. The minimum Gasteiger partial charge on any atom is -0.363 e. The van der Waals surface area contributed by atoms with Crippen molar-refractivity contribution in [3.63, 3.8) is 0 Å². The molecule has 0 spiro atoms. The molecular formula is C32H54N6O7S. The maximum atomic E-state index is 14.1. The third kappa shape index (κ3) is 9.30. The Morgan fingerprint density at radius 1 is 1.02 bits per heavy atom. The van der Waals surface area contributed by atoms with Gasteiger partial charge in [-0.25, -0.2) is 17.5 Å². The number of sulfonamides is 1. The number of hydrogen-bond acceptors (Lipinski definition) is 7. The van der Waals surface area contributed by atoms with Crippen LogP contribution in [0.1, 0.15) is 86.0 Å². The van der Waals surface area contributed by atoms with E-state index in [4.69, 9.17) is 5.73 Å². The lowest BCUT2D eigenvalue weighted by Gasteiger charge is -2.37. The molecule has 14 heteroatoms. The zero-order chi connectivity index (χ0) is 34.6. The van der Waals surface area contributed by atoms with E-state index in [2.05, 4.69) is 22.5 Å². The van der Waals surface area contributed by atoms with E-state index < -0.39 is 75.1 Å². The van der Waals surface area contributed by atoms with Gasteiger partial charge in [0, 0.05) is 32.1 Å². The second kappa shape index (κ2) is 15.3. The minimum absolute atomic E-state index is 0.0827. The maximum Gasteiger partial charge on any atom is 0.315 e. The molecule has 1 heterocycles. The summed E-state index contributed by atoms with van der Waals surface area (Å²) < 4.78 is 26.7. The zero-order valence-corrected chi connectivity index (χ0v) is 29.0. The Hall–Kier alpha value is -3.00. The first-order valence-corrected chi connectivity index (χ1v) is 18.0. The topological polar surface area (TPSA) is 188 Å². The number of hydrogen-bond donors (Lipinski definition) is 4. The summed E-state index contributed by atoms with van der Waals surface area (Å²) in [5, 5.41) is 7.99. The van der Waals surface area contributed by atoms with Gasteiger partial charge in [-0.05, 0) is 49.4 Å². The first-order chi connectivity index (χ1) is 21.4. The number of likely N-dealkylation sites (N-methyl/N-ethyl adjacent to an activating group) is 1. The number of nitrogens with one attached hydrogen (secondary N) is 3. The van der Waals surface area contributed by atoms with Crippen molar-refractivity contribution in [1.29, 1.82) is 0 Å². The van der Waals surface area contributed by atoms with Crippen LogP contribution >= 0.6 is 0 Å². The van der Waals surface area contributed by atoms with Crippen molar-refractivity contribution >= 4 is 39.6 Å². The lowest BCUT2D eigenvalue weighted by Crippen LogP contribution is -2.61. The van der Waals surface area contributed by atoms with Gasteiger partial charge in [0.2, 0.25) is 27.6 Å². The molecule has 2 saturated carbocycles. The number of amides is 5. The highest BCUT2D eigenvalue weighted by atomic mass is 32.2. The number of Topliss-reactive ketones (excluding diaryl/α,β-unsaturated/α-hetero) is 1. The van der Waals surface area contributed by atoms with Crippen LogP contribution in [0.15, 0.2) is 12.7 Å². The van der Waals surface area contributed by atoms with Gasteiger partial charge in [0.25, 0.3) is 5.91 Å². The molecule has 0 aromatic heterocycles. The molecule has 0 bridgehead atoms. The fourth-order valence-corrected chi connectivity index (χ4v) is 7.72.